The summed E-state index contributed by atoms with van der Waals surface area (Å²) in [5.41, 5.74) is 0. The van der Waals surface area contributed by atoms with Crippen LogP contribution >= 0.6 is 0 Å². The van der Waals surface area contributed by atoms with E-state index in [4.69, 9.17) is 0 Å². The van der Waals surface area contributed by atoms with E-state index in [9.17, 15) is 9.59 Å². The van der Waals surface area contributed by atoms with E-state index in [2.05, 4.69) is 5.32 Å². The second-order valence-corrected chi connectivity index (χ2v) is 3.44. The number of amides is 1. The zero-order chi connectivity index (χ0) is 10.4. The first-order valence-corrected chi connectivity index (χ1v) is 4.85. The molecule has 0 aromatic carbocycles. The molecule has 1 amide bonds. The van der Waals surface area contributed by atoms with Crippen LogP contribution in [0.15, 0.2) is 0 Å². The lowest BCUT2D eigenvalue weighted by molar-refractivity contribution is -0.129. The smallest absolute Gasteiger partial charge is 0.220 e. The van der Waals surface area contributed by atoms with E-state index in [0.717, 1.165) is 0 Å². The van der Waals surface area contributed by atoms with Crippen LogP contribution in [-0.2, 0) is 9.59 Å². The first-order chi connectivity index (χ1) is 6.02. The number of hydrogen-bond acceptors (Lipinski definition) is 2. The normalized spacial score (nSPS) is 12.7. The van der Waals surface area contributed by atoms with Crippen LogP contribution in [0.4, 0.5) is 0 Å². The molecule has 0 spiro atoms. The number of hydrogen-bond donors (Lipinski definition) is 1. The Labute approximate surface area is 79.9 Å². The molecule has 1 N–H and O–H groups in total. The molecule has 0 rings (SSSR count). The largest absolute Gasteiger partial charge is 0.346 e. The van der Waals surface area contributed by atoms with E-state index in [1.807, 2.05) is 20.8 Å². The van der Waals surface area contributed by atoms with Crippen molar-refractivity contribution < 1.29 is 9.59 Å². The molecule has 0 bridgehead atoms. The maximum absolute atomic E-state index is 11.5. The molecule has 0 radical (unpaired) electrons. The number of Topliss-reactive ketones (excluding diaryl/α,β-unsaturated/α-hetero) is 1. The monoisotopic (exact) mass is 185 g/mol. The number of nitrogens with one attached hydrogen (secondary N) is 1. The molecule has 0 saturated carbocycles. The maximum atomic E-state index is 11.5. The van der Waals surface area contributed by atoms with Crippen molar-refractivity contribution in [1.29, 1.82) is 0 Å². The van der Waals surface area contributed by atoms with Crippen LogP contribution in [-0.4, -0.2) is 17.7 Å². The van der Waals surface area contributed by atoms with Crippen molar-refractivity contribution in [2.24, 2.45) is 5.92 Å². The van der Waals surface area contributed by atoms with Crippen molar-refractivity contribution in [3.05, 3.63) is 0 Å². The summed E-state index contributed by atoms with van der Waals surface area (Å²) >= 11 is 0. The highest BCUT2D eigenvalue weighted by molar-refractivity contribution is 5.90. The summed E-state index contributed by atoms with van der Waals surface area (Å²) in [6.07, 6.45) is 1.10. The molecule has 0 heterocycles. The Morgan fingerprint density at radius 1 is 1.23 bits per heavy atom. The third-order valence-electron chi connectivity index (χ3n) is 1.98. The predicted octanol–water partition coefficient (Wildman–Crippen LogP) is 1.52. The lowest BCUT2D eigenvalue weighted by Crippen LogP contribution is -2.41. The maximum Gasteiger partial charge on any atom is 0.220 e. The molecule has 0 aromatic rings. The lowest BCUT2D eigenvalue weighted by atomic mass is 10.00. The van der Waals surface area contributed by atoms with E-state index >= 15 is 0 Å². The average molecular weight is 185 g/mol. The van der Waals surface area contributed by atoms with Crippen LogP contribution in [0.1, 0.15) is 40.5 Å². The molecule has 13 heavy (non-hydrogen) atoms. The van der Waals surface area contributed by atoms with E-state index in [1.165, 1.54) is 0 Å². The van der Waals surface area contributed by atoms with Crippen molar-refractivity contribution in [2.45, 2.75) is 46.6 Å². The Bertz CT molecular complexity index is 187. The van der Waals surface area contributed by atoms with Crippen molar-refractivity contribution in [3.63, 3.8) is 0 Å². The van der Waals surface area contributed by atoms with Gasteiger partial charge in [-0.2, -0.15) is 0 Å². The van der Waals surface area contributed by atoms with Crippen molar-refractivity contribution in [2.75, 3.05) is 0 Å². The van der Waals surface area contributed by atoms with Crippen LogP contribution in [0.25, 0.3) is 0 Å². The molecule has 0 saturated heterocycles. The zero-order valence-electron chi connectivity index (χ0n) is 8.89. The molecule has 3 heteroatoms. The summed E-state index contributed by atoms with van der Waals surface area (Å²) in [4.78, 5) is 22.6. The van der Waals surface area contributed by atoms with E-state index < -0.39 is 0 Å². The van der Waals surface area contributed by atoms with Crippen LogP contribution in [0.2, 0.25) is 0 Å². The first-order valence-electron chi connectivity index (χ1n) is 4.85. The van der Waals surface area contributed by atoms with Gasteiger partial charge < -0.3 is 5.32 Å². The highest BCUT2D eigenvalue weighted by Gasteiger charge is 2.20. The highest BCUT2D eigenvalue weighted by atomic mass is 16.2. The Morgan fingerprint density at radius 3 is 2.08 bits per heavy atom. The predicted molar refractivity (Wildman–Crippen MR) is 52.4 cm³/mol. The number of ketones is 1. The Morgan fingerprint density at radius 2 is 1.77 bits per heavy atom. The molecule has 0 aromatic heterocycles. The van der Waals surface area contributed by atoms with E-state index in [1.54, 1.807) is 6.92 Å². The summed E-state index contributed by atoms with van der Waals surface area (Å²) in [5.74, 6) is 0.0484. The summed E-state index contributed by atoms with van der Waals surface area (Å²) in [5, 5.41) is 2.71. The molecule has 1 atom stereocenters. The Kier molecular flexibility index (Phi) is 5.35. The van der Waals surface area contributed by atoms with Gasteiger partial charge in [-0.3, -0.25) is 9.59 Å². The van der Waals surface area contributed by atoms with Gasteiger partial charge in [0.2, 0.25) is 5.91 Å². The molecular formula is C10H19NO2. The first kappa shape index (κ1) is 12.1. The molecule has 0 fully saturated rings. The number of rotatable bonds is 5. The van der Waals surface area contributed by atoms with Gasteiger partial charge in [0, 0.05) is 12.3 Å². The van der Waals surface area contributed by atoms with Crippen LogP contribution in [0, 0.1) is 5.92 Å². The van der Waals surface area contributed by atoms with Gasteiger partial charge in [-0.25, -0.2) is 0 Å². The van der Waals surface area contributed by atoms with E-state index in [0.29, 0.717) is 12.8 Å². The van der Waals surface area contributed by atoms with Gasteiger partial charge in [-0.05, 0) is 6.42 Å². The summed E-state index contributed by atoms with van der Waals surface area (Å²) in [6.45, 7) is 7.38. The second kappa shape index (κ2) is 5.73. The van der Waals surface area contributed by atoms with Crippen molar-refractivity contribution >= 4 is 11.7 Å². The van der Waals surface area contributed by atoms with Gasteiger partial charge in [0.1, 0.15) is 0 Å². The lowest BCUT2D eigenvalue weighted by Gasteiger charge is -2.17. The standard InChI is InChI=1S/C10H19NO2/c1-5-8(10(13)7(3)4)11-9(12)6-2/h7-8H,5-6H2,1-4H3,(H,11,12). The minimum absolute atomic E-state index is 0.0119. The van der Waals surface area contributed by atoms with Gasteiger partial charge in [-0.15, -0.1) is 0 Å². The van der Waals surface area contributed by atoms with Gasteiger partial charge >= 0.3 is 0 Å². The minimum Gasteiger partial charge on any atom is -0.346 e. The summed E-state index contributed by atoms with van der Waals surface area (Å²) in [6, 6.07) is -0.299. The van der Waals surface area contributed by atoms with E-state index in [-0.39, 0.29) is 23.7 Å². The summed E-state index contributed by atoms with van der Waals surface area (Å²) in [7, 11) is 0. The van der Waals surface area contributed by atoms with Crippen LogP contribution < -0.4 is 5.32 Å². The molecule has 0 aliphatic carbocycles. The van der Waals surface area contributed by atoms with Gasteiger partial charge in [0.15, 0.2) is 5.78 Å². The average Bonchev–Trinajstić information content (AvgIpc) is 2.12. The SMILES string of the molecule is CCC(=O)NC(CC)C(=O)C(C)C. The zero-order valence-corrected chi connectivity index (χ0v) is 8.89. The second-order valence-electron chi connectivity index (χ2n) is 3.44. The quantitative estimate of drug-likeness (QED) is 0.705. The van der Waals surface area contributed by atoms with Crippen LogP contribution in [0.3, 0.4) is 0 Å². The molecular weight excluding hydrogens is 166 g/mol. The third kappa shape index (κ3) is 4.06. The third-order valence-corrected chi connectivity index (χ3v) is 1.98. The molecule has 76 valence electrons. The number of carbonyl (C=O) groups is 2. The van der Waals surface area contributed by atoms with Gasteiger partial charge in [0.25, 0.3) is 0 Å². The summed E-state index contributed by atoms with van der Waals surface area (Å²) < 4.78 is 0. The molecule has 1 unspecified atom stereocenters. The van der Waals surface area contributed by atoms with Crippen LogP contribution in [0.5, 0.6) is 0 Å². The fraction of sp³-hybridized carbons (Fsp3) is 0.800. The minimum atomic E-state index is -0.299. The van der Waals surface area contributed by atoms with Crippen molar-refractivity contribution in [3.8, 4) is 0 Å². The van der Waals surface area contributed by atoms with Gasteiger partial charge in [-0.1, -0.05) is 27.7 Å². The highest BCUT2D eigenvalue weighted by Crippen LogP contribution is 2.03. The Balaban J connectivity index is 4.18. The van der Waals surface area contributed by atoms with Crippen molar-refractivity contribution in [1.82, 2.24) is 5.32 Å². The fourth-order valence-electron chi connectivity index (χ4n) is 1.07. The Hall–Kier alpha value is -0.860. The topological polar surface area (TPSA) is 46.2 Å². The van der Waals surface area contributed by atoms with Gasteiger partial charge in [0.05, 0.1) is 6.04 Å². The number of carbonyl (C=O) groups excluding carboxylic acids is 2. The fourth-order valence-corrected chi connectivity index (χ4v) is 1.07. The molecule has 0 aliphatic heterocycles. The molecule has 3 nitrogen and oxygen atoms in total. The molecule has 0 aliphatic rings.